The lowest BCUT2D eigenvalue weighted by atomic mass is 10.1. The predicted octanol–water partition coefficient (Wildman–Crippen LogP) is 2.97. The lowest BCUT2D eigenvalue weighted by Crippen LogP contribution is -1.90. The number of aromatic nitrogens is 1. The Morgan fingerprint density at radius 3 is 2.47 bits per heavy atom. The molecule has 1 heterocycles. The summed E-state index contributed by atoms with van der Waals surface area (Å²) in [6, 6.07) is 16.2. The first-order valence-electron chi connectivity index (χ1n) is 4.88. The molecule has 1 aromatic heterocycles. The molecule has 0 bridgehead atoms. The van der Waals surface area contributed by atoms with Crippen LogP contribution in [0.3, 0.4) is 0 Å². The number of benzene rings is 2. The molecule has 0 saturated carbocycles. The van der Waals surface area contributed by atoms with Gasteiger partial charge in [0.2, 0.25) is 0 Å². The Morgan fingerprint density at radius 2 is 1.53 bits per heavy atom. The highest BCUT2D eigenvalue weighted by atomic mass is 14.8. The second kappa shape index (κ2) is 2.95. The second-order valence-corrected chi connectivity index (χ2v) is 3.59. The van der Waals surface area contributed by atoms with E-state index in [0.717, 1.165) is 16.3 Å². The molecule has 0 atom stereocenters. The fraction of sp³-hybridized carbons (Fsp3) is 0. The van der Waals surface area contributed by atoms with Gasteiger partial charge in [-0.25, -0.2) is 4.98 Å². The number of hydrogen-bond acceptors (Lipinski definition) is 2. The third-order valence-electron chi connectivity index (χ3n) is 2.61. The highest BCUT2D eigenvalue weighted by Crippen LogP contribution is 2.24. The van der Waals surface area contributed by atoms with Crippen molar-refractivity contribution < 1.29 is 0 Å². The lowest BCUT2D eigenvalue weighted by molar-refractivity contribution is 1.43. The van der Waals surface area contributed by atoms with Gasteiger partial charge in [0.25, 0.3) is 0 Å². The Hall–Kier alpha value is -2.09. The van der Waals surface area contributed by atoms with Crippen molar-refractivity contribution in [3.8, 4) is 0 Å². The van der Waals surface area contributed by atoms with Crippen molar-refractivity contribution in [2.45, 2.75) is 0 Å². The third kappa shape index (κ3) is 1.22. The van der Waals surface area contributed by atoms with Gasteiger partial charge in [-0.2, -0.15) is 0 Å². The molecule has 0 radical (unpaired) electrons. The molecule has 15 heavy (non-hydrogen) atoms. The van der Waals surface area contributed by atoms with Crippen molar-refractivity contribution in [1.29, 1.82) is 0 Å². The van der Waals surface area contributed by atoms with E-state index in [1.807, 2.05) is 24.3 Å². The van der Waals surface area contributed by atoms with Gasteiger partial charge < -0.3 is 5.73 Å². The molecule has 2 nitrogen and oxygen atoms in total. The maximum absolute atomic E-state index is 5.70. The smallest absolute Gasteiger partial charge is 0.124 e. The molecule has 0 saturated heterocycles. The Bertz CT molecular complexity index is 644. The number of nitrogens with two attached hydrogens (primary N) is 1. The normalized spacial score (nSPS) is 10.9. The zero-order chi connectivity index (χ0) is 10.3. The number of nitrogen functional groups attached to an aromatic ring is 1. The van der Waals surface area contributed by atoms with Crippen LogP contribution in [-0.2, 0) is 0 Å². The number of rotatable bonds is 0. The number of nitrogens with zero attached hydrogens (tertiary/aromatic N) is 1. The van der Waals surface area contributed by atoms with E-state index in [1.165, 1.54) is 5.39 Å². The first kappa shape index (κ1) is 8.24. The first-order chi connectivity index (χ1) is 7.34. The monoisotopic (exact) mass is 194 g/mol. The van der Waals surface area contributed by atoms with Crippen molar-refractivity contribution in [1.82, 2.24) is 4.98 Å². The van der Waals surface area contributed by atoms with Crippen molar-refractivity contribution >= 4 is 27.5 Å². The average Bonchev–Trinajstić information content (AvgIpc) is 2.29. The molecule has 0 aliphatic rings. The maximum atomic E-state index is 5.70. The van der Waals surface area contributed by atoms with E-state index in [4.69, 9.17) is 5.73 Å². The van der Waals surface area contributed by atoms with Gasteiger partial charge in [-0.15, -0.1) is 0 Å². The van der Waals surface area contributed by atoms with Crippen LogP contribution in [0.4, 0.5) is 5.82 Å². The fourth-order valence-corrected chi connectivity index (χ4v) is 1.87. The summed E-state index contributed by atoms with van der Waals surface area (Å²) in [6.45, 7) is 0. The summed E-state index contributed by atoms with van der Waals surface area (Å²) < 4.78 is 0. The molecule has 0 aliphatic heterocycles. The van der Waals surface area contributed by atoms with Crippen LogP contribution in [0.2, 0.25) is 0 Å². The van der Waals surface area contributed by atoms with Crippen LogP contribution in [0.25, 0.3) is 21.7 Å². The average molecular weight is 194 g/mol. The zero-order valence-electron chi connectivity index (χ0n) is 8.14. The largest absolute Gasteiger partial charge is 0.384 e. The molecular formula is C13H10N2. The van der Waals surface area contributed by atoms with Gasteiger partial charge in [-0.1, -0.05) is 36.4 Å². The maximum Gasteiger partial charge on any atom is 0.124 e. The van der Waals surface area contributed by atoms with Gasteiger partial charge in [0.15, 0.2) is 0 Å². The minimum absolute atomic E-state index is 0.568. The van der Waals surface area contributed by atoms with Gasteiger partial charge in [-0.3, -0.25) is 0 Å². The summed E-state index contributed by atoms with van der Waals surface area (Å²) in [5.74, 6) is 0.568. The molecule has 2 N–H and O–H groups in total. The molecule has 2 heteroatoms. The molecule has 0 aliphatic carbocycles. The summed E-state index contributed by atoms with van der Waals surface area (Å²) >= 11 is 0. The Kier molecular flexibility index (Phi) is 1.62. The number of pyridine rings is 1. The quantitative estimate of drug-likeness (QED) is 0.559. The van der Waals surface area contributed by atoms with Crippen LogP contribution in [0.15, 0.2) is 48.5 Å². The molecule has 0 spiro atoms. The summed E-state index contributed by atoms with van der Waals surface area (Å²) in [4.78, 5) is 4.38. The van der Waals surface area contributed by atoms with E-state index < -0.39 is 0 Å². The molecule has 0 unspecified atom stereocenters. The first-order valence-corrected chi connectivity index (χ1v) is 4.88. The van der Waals surface area contributed by atoms with Gasteiger partial charge in [0.1, 0.15) is 5.82 Å². The highest BCUT2D eigenvalue weighted by molar-refractivity contribution is 6.05. The number of fused-ring (bicyclic) bond motifs is 3. The van der Waals surface area contributed by atoms with E-state index in [2.05, 4.69) is 29.2 Å². The van der Waals surface area contributed by atoms with Crippen LogP contribution in [0.5, 0.6) is 0 Å². The van der Waals surface area contributed by atoms with Crippen LogP contribution < -0.4 is 5.73 Å². The Balaban J connectivity index is 2.57. The van der Waals surface area contributed by atoms with Crippen LogP contribution >= 0.6 is 0 Å². The minimum atomic E-state index is 0.568. The van der Waals surface area contributed by atoms with Crippen molar-refractivity contribution in [3.05, 3.63) is 48.5 Å². The minimum Gasteiger partial charge on any atom is -0.384 e. The SMILES string of the molecule is Nc1ccc2ccc3ccccc3c2n1. The standard InChI is InChI=1S/C13H10N2/c14-12-8-7-10-6-5-9-3-1-2-4-11(9)13(10)15-12/h1-8H,(H2,14,15). The van der Waals surface area contributed by atoms with E-state index >= 15 is 0 Å². The number of hydrogen-bond donors (Lipinski definition) is 1. The molecule has 2 aromatic carbocycles. The summed E-state index contributed by atoms with van der Waals surface area (Å²) in [5.41, 5.74) is 6.68. The molecule has 3 rings (SSSR count). The van der Waals surface area contributed by atoms with Crippen molar-refractivity contribution in [2.75, 3.05) is 5.73 Å². The van der Waals surface area contributed by atoms with Crippen molar-refractivity contribution in [3.63, 3.8) is 0 Å². The van der Waals surface area contributed by atoms with Gasteiger partial charge in [-0.05, 0) is 17.5 Å². The van der Waals surface area contributed by atoms with Crippen molar-refractivity contribution in [2.24, 2.45) is 0 Å². The lowest BCUT2D eigenvalue weighted by Gasteiger charge is -2.03. The molecular weight excluding hydrogens is 184 g/mol. The Morgan fingerprint density at radius 1 is 0.800 bits per heavy atom. The van der Waals surface area contributed by atoms with E-state index in [0.29, 0.717) is 5.82 Å². The summed E-state index contributed by atoms with van der Waals surface area (Å²) in [7, 11) is 0. The molecule has 0 amide bonds. The molecule has 3 aromatic rings. The van der Waals surface area contributed by atoms with Gasteiger partial charge >= 0.3 is 0 Å². The summed E-state index contributed by atoms with van der Waals surface area (Å²) in [6.07, 6.45) is 0. The third-order valence-corrected chi connectivity index (χ3v) is 2.61. The topological polar surface area (TPSA) is 38.9 Å². The van der Waals surface area contributed by atoms with E-state index in [1.54, 1.807) is 0 Å². The van der Waals surface area contributed by atoms with E-state index in [9.17, 15) is 0 Å². The zero-order valence-corrected chi connectivity index (χ0v) is 8.14. The predicted molar refractivity (Wildman–Crippen MR) is 63.7 cm³/mol. The van der Waals surface area contributed by atoms with Crippen LogP contribution in [0.1, 0.15) is 0 Å². The Labute approximate surface area is 87.4 Å². The molecule has 0 fully saturated rings. The number of anilines is 1. The van der Waals surface area contributed by atoms with Gasteiger partial charge in [0.05, 0.1) is 5.52 Å². The van der Waals surface area contributed by atoms with E-state index in [-0.39, 0.29) is 0 Å². The van der Waals surface area contributed by atoms with Crippen LogP contribution in [-0.4, -0.2) is 4.98 Å². The van der Waals surface area contributed by atoms with Crippen LogP contribution in [0, 0.1) is 0 Å². The van der Waals surface area contributed by atoms with Gasteiger partial charge in [0, 0.05) is 10.8 Å². The summed E-state index contributed by atoms with van der Waals surface area (Å²) in [5, 5.41) is 3.48. The highest BCUT2D eigenvalue weighted by Gasteiger charge is 2.00. The second-order valence-electron chi connectivity index (χ2n) is 3.59. The fourth-order valence-electron chi connectivity index (χ4n) is 1.87. The molecule has 72 valence electrons.